The number of halogens is 1. The molecule has 5 heteroatoms. The Bertz CT molecular complexity index is 433. The molecule has 104 valence electrons. The summed E-state index contributed by atoms with van der Waals surface area (Å²) in [6.07, 6.45) is 0. The highest BCUT2D eigenvalue weighted by molar-refractivity contribution is 14.1. The molecular formula is C14H19IN2O2. The molecule has 1 aromatic rings. The van der Waals surface area contributed by atoms with Crippen LogP contribution in [0.1, 0.15) is 17.3 Å². The molecule has 1 N–H and O–H groups in total. The fourth-order valence-corrected chi connectivity index (χ4v) is 2.66. The molecule has 1 saturated heterocycles. The maximum atomic E-state index is 12.0. The Morgan fingerprint density at radius 2 is 2.21 bits per heavy atom. The van der Waals surface area contributed by atoms with Crippen molar-refractivity contribution in [1.82, 2.24) is 10.2 Å². The summed E-state index contributed by atoms with van der Waals surface area (Å²) in [5, 5.41) is 3.00. The lowest BCUT2D eigenvalue weighted by molar-refractivity contribution is 0.0204. The van der Waals surface area contributed by atoms with E-state index in [0.29, 0.717) is 12.6 Å². The SMILES string of the molecule is C[C@@H](CNC(=O)c1cccc(I)c1)N1CCOCC1. The fraction of sp³-hybridized carbons (Fsp3) is 0.500. The fourth-order valence-electron chi connectivity index (χ4n) is 2.12. The van der Waals surface area contributed by atoms with E-state index in [4.69, 9.17) is 4.74 Å². The molecule has 1 atom stereocenters. The van der Waals surface area contributed by atoms with Crippen LogP contribution in [0, 0.1) is 3.57 Å². The normalized spacial score (nSPS) is 18.0. The topological polar surface area (TPSA) is 41.6 Å². The van der Waals surface area contributed by atoms with E-state index in [2.05, 4.69) is 39.7 Å². The van der Waals surface area contributed by atoms with E-state index < -0.39 is 0 Å². The van der Waals surface area contributed by atoms with Gasteiger partial charge in [0.25, 0.3) is 5.91 Å². The third-order valence-electron chi connectivity index (χ3n) is 3.31. The van der Waals surface area contributed by atoms with Crippen LogP contribution in [0.4, 0.5) is 0 Å². The minimum Gasteiger partial charge on any atom is -0.379 e. The Morgan fingerprint density at radius 3 is 2.89 bits per heavy atom. The second kappa shape index (κ2) is 7.21. The molecule has 0 saturated carbocycles. The number of nitrogens with one attached hydrogen (secondary N) is 1. The van der Waals surface area contributed by atoms with Gasteiger partial charge in [0.15, 0.2) is 0 Å². The molecule has 0 aromatic heterocycles. The highest BCUT2D eigenvalue weighted by Crippen LogP contribution is 2.08. The summed E-state index contributed by atoms with van der Waals surface area (Å²) >= 11 is 2.21. The Morgan fingerprint density at radius 1 is 1.47 bits per heavy atom. The quantitative estimate of drug-likeness (QED) is 0.817. The van der Waals surface area contributed by atoms with Gasteiger partial charge in [-0.2, -0.15) is 0 Å². The summed E-state index contributed by atoms with van der Waals surface area (Å²) < 4.78 is 6.40. The van der Waals surface area contributed by atoms with Crippen molar-refractivity contribution < 1.29 is 9.53 Å². The molecule has 1 aromatic carbocycles. The van der Waals surface area contributed by atoms with E-state index in [1.807, 2.05) is 24.3 Å². The van der Waals surface area contributed by atoms with Gasteiger partial charge in [0.1, 0.15) is 0 Å². The van der Waals surface area contributed by atoms with Gasteiger partial charge in [0.2, 0.25) is 0 Å². The lowest BCUT2D eigenvalue weighted by atomic mass is 10.2. The number of carbonyl (C=O) groups excluding carboxylic acids is 1. The predicted octanol–water partition coefficient (Wildman–Crippen LogP) is 1.74. The van der Waals surface area contributed by atoms with Gasteiger partial charge in [-0.25, -0.2) is 0 Å². The van der Waals surface area contributed by atoms with E-state index in [0.717, 1.165) is 35.4 Å². The van der Waals surface area contributed by atoms with E-state index >= 15 is 0 Å². The minimum absolute atomic E-state index is 0.00127. The first-order valence-electron chi connectivity index (χ1n) is 6.52. The Hall–Kier alpha value is -0.660. The first-order valence-corrected chi connectivity index (χ1v) is 7.60. The molecule has 4 nitrogen and oxygen atoms in total. The van der Waals surface area contributed by atoms with Crippen molar-refractivity contribution in [2.45, 2.75) is 13.0 Å². The lowest BCUT2D eigenvalue weighted by Gasteiger charge is -2.32. The maximum absolute atomic E-state index is 12.0. The van der Waals surface area contributed by atoms with Gasteiger partial charge in [-0.1, -0.05) is 6.07 Å². The van der Waals surface area contributed by atoms with Crippen molar-refractivity contribution in [2.24, 2.45) is 0 Å². The van der Waals surface area contributed by atoms with Crippen molar-refractivity contribution in [3.05, 3.63) is 33.4 Å². The Kier molecular flexibility index (Phi) is 5.59. The molecule has 1 fully saturated rings. The predicted molar refractivity (Wildman–Crippen MR) is 83.3 cm³/mol. The van der Waals surface area contributed by atoms with Gasteiger partial charge in [-0.15, -0.1) is 0 Å². The van der Waals surface area contributed by atoms with Gasteiger partial charge in [-0.05, 0) is 47.7 Å². The summed E-state index contributed by atoms with van der Waals surface area (Å²) in [6.45, 7) is 6.27. The standard InChI is InChI=1S/C14H19IN2O2/c1-11(17-5-7-19-8-6-17)10-16-14(18)12-3-2-4-13(15)9-12/h2-4,9,11H,5-8,10H2,1H3,(H,16,18)/t11-/m0/s1. The van der Waals surface area contributed by atoms with Crippen LogP contribution in [0.15, 0.2) is 24.3 Å². The summed E-state index contributed by atoms with van der Waals surface area (Å²) in [4.78, 5) is 14.4. The molecular weight excluding hydrogens is 355 g/mol. The molecule has 0 unspecified atom stereocenters. The van der Waals surface area contributed by atoms with Crippen LogP contribution in [0.5, 0.6) is 0 Å². The summed E-state index contributed by atoms with van der Waals surface area (Å²) in [5.74, 6) is -0.00127. The van der Waals surface area contributed by atoms with Gasteiger partial charge in [-0.3, -0.25) is 9.69 Å². The molecule has 0 aliphatic carbocycles. The van der Waals surface area contributed by atoms with Gasteiger partial charge in [0, 0.05) is 34.8 Å². The third kappa shape index (κ3) is 4.43. The highest BCUT2D eigenvalue weighted by atomic mass is 127. The maximum Gasteiger partial charge on any atom is 0.251 e. The van der Waals surface area contributed by atoms with Crippen LogP contribution in [-0.4, -0.2) is 49.7 Å². The molecule has 0 radical (unpaired) electrons. The first kappa shape index (κ1) is 14.7. The number of rotatable bonds is 4. The zero-order valence-electron chi connectivity index (χ0n) is 11.1. The molecule has 1 aliphatic heterocycles. The Balaban J connectivity index is 1.82. The monoisotopic (exact) mass is 374 g/mol. The molecule has 1 heterocycles. The van der Waals surface area contributed by atoms with Gasteiger partial charge in [0.05, 0.1) is 13.2 Å². The highest BCUT2D eigenvalue weighted by Gasteiger charge is 2.17. The van der Waals surface area contributed by atoms with Crippen LogP contribution < -0.4 is 5.32 Å². The van der Waals surface area contributed by atoms with Gasteiger partial charge >= 0.3 is 0 Å². The van der Waals surface area contributed by atoms with Crippen LogP contribution in [0.2, 0.25) is 0 Å². The number of amides is 1. The zero-order valence-corrected chi connectivity index (χ0v) is 13.2. The average Bonchev–Trinajstić information content (AvgIpc) is 2.45. The van der Waals surface area contributed by atoms with Gasteiger partial charge < -0.3 is 10.1 Å². The van der Waals surface area contributed by atoms with Crippen molar-refractivity contribution in [2.75, 3.05) is 32.8 Å². The molecule has 19 heavy (non-hydrogen) atoms. The average molecular weight is 374 g/mol. The van der Waals surface area contributed by atoms with E-state index in [9.17, 15) is 4.79 Å². The van der Waals surface area contributed by atoms with Crippen LogP contribution in [0.3, 0.4) is 0 Å². The van der Waals surface area contributed by atoms with E-state index in [-0.39, 0.29) is 5.91 Å². The lowest BCUT2D eigenvalue weighted by Crippen LogP contribution is -2.47. The van der Waals surface area contributed by atoms with E-state index in [1.54, 1.807) is 0 Å². The first-order chi connectivity index (χ1) is 9.16. The van der Waals surface area contributed by atoms with Crippen molar-refractivity contribution >= 4 is 28.5 Å². The number of morpholine rings is 1. The zero-order chi connectivity index (χ0) is 13.7. The number of ether oxygens (including phenoxy) is 1. The number of nitrogens with zero attached hydrogens (tertiary/aromatic N) is 1. The van der Waals surface area contributed by atoms with Crippen LogP contribution in [-0.2, 0) is 4.74 Å². The van der Waals surface area contributed by atoms with Crippen molar-refractivity contribution in [3.63, 3.8) is 0 Å². The number of hydrogen-bond acceptors (Lipinski definition) is 3. The number of benzene rings is 1. The van der Waals surface area contributed by atoms with E-state index in [1.165, 1.54) is 0 Å². The molecule has 1 amide bonds. The molecule has 1 aliphatic rings. The molecule has 2 rings (SSSR count). The third-order valence-corrected chi connectivity index (χ3v) is 3.98. The smallest absolute Gasteiger partial charge is 0.251 e. The summed E-state index contributed by atoms with van der Waals surface area (Å²) in [6, 6.07) is 7.97. The Labute approximate surface area is 127 Å². The summed E-state index contributed by atoms with van der Waals surface area (Å²) in [5.41, 5.74) is 0.723. The number of hydrogen-bond donors (Lipinski definition) is 1. The minimum atomic E-state index is -0.00127. The molecule has 0 bridgehead atoms. The van der Waals surface area contributed by atoms with Crippen LogP contribution >= 0.6 is 22.6 Å². The second-order valence-corrected chi connectivity index (χ2v) is 5.96. The largest absolute Gasteiger partial charge is 0.379 e. The summed E-state index contributed by atoms with van der Waals surface area (Å²) in [7, 11) is 0. The van der Waals surface area contributed by atoms with Crippen LogP contribution in [0.25, 0.3) is 0 Å². The number of carbonyl (C=O) groups is 1. The van der Waals surface area contributed by atoms with Crippen molar-refractivity contribution in [3.8, 4) is 0 Å². The molecule has 0 spiro atoms. The second-order valence-electron chi connectivity index (χ2n) is 4.72. The van der Waals surface area contributed by atoms with Crippen molar-refractivity contribution in [1.29, 1.82) is 0 Å².